The first kappa shape index (κ1) is 16.5. The van der Waals surface area contributed by atoms with E-state index >= 15 is 0 Å². The van der Waals surface area contributed by atoms with Crippen molar-refractivity contribution in [1.82, 2.24) is 4.90 Å². The maximum atomic E-state index is 12.3. The summed E-state index contributed by atoms with van der Waals surface area (Å²) >= 11 is 0. The normalized spacial score (nSPS) is 13.7. The first-order valence-corrected chi connectivity index (χ1v) is 7.57. The van der Waals surface area contributed by atoms with Crippen molar-refractivity contribution in [3.63, 3.8) is 0 Å². The van der Waals surface area contributed by atoms with Gasteiger partial charge in [-0.15, -0.1) is 0 Å². The van der Waals surface area contributed by atoms with E-state index in [1.54, 1.807) is 0 Å². The monoisotopic (exact) mass is 305 g/mol. The van der Waals surface area contributed by atoms with Crippen molar-refractivity contribution < 1.29 is 19.1 Å². The number of hydrogen-bond donors (Lipinski definition) is 0. The summed E-state index contributed by atoms with van der Waals surface area (Å²) in [5.74, 6) is -0.00310. The molecule has 0 atom stereocenters. The molecule has 1 aromatic carbocycles. The highest BCUT2D eigenvalue weighted by molar-refractivity contribution is 5.82. The van der Waals surface area contributed by atoms with Crippen LogP contribution in [0.2, 0.25) is 0 Å². The van der Waals surface area contributed by atoms with E-state index in [-0.39, 0.29) is 19.1 Å². The smallest absolute Gasteiger partial charge is 0.325 e. The van der Waals surface area contributed by atoms with Crippen LogP contribution < -0.4 is 0 Å². The molecule has 1 aliphatic rings. The fraction of sp³-hybridized carbons (Fsp3) is 0.529. The predicted octanol–water partition coefficient (Wildman–Crippen LogP) is 1.92. The number of ether oxygens (including phenoxy) is 2. The van der Waals surface area contributed by atoms with Gasteiger partial charge in [0.1, 0.15) is 13.2 Å². The molecule has 1 aliphatic carbocycles. The van der Waals surface area contributed by atoms with Gasteiger partial charge in [0.05, 0.1) is 13.7 Å². The molecule has 0 N–H and O–H groups in total. The third kappa shape index (κ3) is 5.15. The van der Waals surface area contributed by atoms with E-state index in [1.807, 2.05) is 31.2 Å². The lowest BCUT2D eigenvalue weighted by Gasteiger charge is -2.22. The molecule has 0 radical (unpaired) electrons. The number of methoxy groups -OCH3 is 1. The Balaban J connectivity index is 1.95. The maximum Gasteiger partial charge on any atom is 0.325 e. The molecule has 0 saturated heterocycles. The van der Waals surface area contributed by atoms with Crippen LogP contribution in [0.5, 0.6) is 0 Å². The summed E-state index contributed by atoms with van der Waals surface area (Å²) in [5.41, 5.74) is 2.10. The van der Waals surface area contributed by atoms with Crippen LogP contribution in [0.4, 0.5) is 0 Å². The molecule has 0 spiro atoms. The lowest BCUT2D eigenvalue weighted by Crippen LogP contribution is -2.38. The van der Waals surface area contributed by atoms with Crippen molar-refractivity contribution in [1.29, 1.82) is 0 Å². The third-order valence-electron chi connectivity index (χ3n) is 3.80. The molecular formula is C17H23NO4. The Morgan fingerprint density at radius 1 is 1.27 bits per heavy atom. The summed E-state index contributed by atoms with van der Waals surface area (Å²) in [4.78, 5) is 25.3. The van der Waals surface area contributed by atoms with Gasteiger partial charge in [0, 0.05) is 6.54 Å². The van der Waals surface area contributed by atoms with Crippen LogP contribution in [0.15, 0.2) is 24.3 Å². The Labute approximate surface area is 131 Å². The Morgan fingerprint density at radius 2 is 2.00 bits per heavy atom. The van der Waals surface area contributed by atoms with Crippen molar-refractivity contribution in [3.8, 4) is 0 Å². The number of rotatable bonds is 8. The lowest BCUT2D eigenvalue weighted by atomic mass is 10.1. The number of nitrogens with zero attached hydrogens (tertiary/aromatic N) is 1. The van der Waals surface area contributed by atoms with Gasteiger partial charge < -0.3 is 14.4 Å². The molecule has 0 unspecified atom stereocenters. The molecule has 5 heteroatoms. The van der Waals surface area contributed by atoms with E-state index in [2.05, 4.69) is 4.74 Å². The fourth-order valence-corrected chi connectivity index (χ4v) is 2.13. The highest BCUT2D eigenvalue weighted by Crippen LogP contribution is 2.28. The SMILES string of the molecule is COC(=O)CN(Cc1ccccc1C)C(=O)COCC1CC1. The minimum atomic E-state index is -0.427. The average Bonchev–Trinajstić information content (AvgIpc) is 3.32. The molecule has 1 amide bonds. The van der Waals surface area contributed by atoms with Crippen molar-refractivity contribution in [2.45, 2.75) is 26.3 Å². The first-order chi connectivity index (χ1) is 10.6. The van der Waals surface area contributed by atoms with Gasteiger partial charge in [-0.3, -0.25) is 9.59 Å². The Kier molecular flexibility index (Phi) is 5.95. The molecule has 1 aromatic rings. The van der Waals surface area contributed by atoms with E-state index < -0.39 is 5.97 Å². The first-order valence-electron chi connectivity index (χ1n) is 7.57. The second-order valence-corrected chi connectivity index (χ2v) is 5.71. The van der Waals surface area contributed by atoms with Crippen LogP contribution in [0.1, 0.15) is 24.0 Å². The van der Waals surface area contributed by atoms with E-state index in [4.69, 9.17) is 4.74 Å². The molecule has 0 heterocycles. The molecule has 1 fully saturated rings. The molecule has 0 bridgehead atoms. The zero-order valence-corrected chi connectivity index (χ0v) is 13.2. The topological polar surface area (TPSA) is 55.8 Å². The number of carbonyl (C=O) groups excluding carboxylic acids is 2. The third-order valence-corrected chi connectivity index (χ3v) is 3.80. The molecule has 0 aliphatic heterocycles. The van der Waals surface area contributed by atoms with Gasteiger partial charge in [-0.05, 0) is 36.8 Å². The lowest BCUT2D eigenvalue weighted by molar-refractivity contribution is -0.149. The number of benzene rings is 1. The van der Waals surface area contributed by atoms with Gasteiger partial charge in [-0.2, -0.15) is 0 Å². The number of amides is 1. The Hall–Kier alpha value is -1.88. The number of esters is 1. The molecule has 0 aromatic heterocycles. The second-order valence-electron chi connectivity index (χ2n) is 5.71. The summed E-state index contributed by atoms with van der Waals surface area (Å²) in [6, 6.07) is 7.81. The number of carbonyl (C=O) groups is 2. The number of hydrogen-bond acceptors (Lipinski definition) is 4. The fourth-order valence-electron chi connectivity index (χ4n) is 2.13. The van der Waals surface area contributed by atoms with Crippen molar-refractivity contribution >= 4 is 11.9 Å². The van der Waals surface area contributed by atoms with E-state index in [0.29, 0.717) is 19.1 Å². The number of aryl methyl sites for hydroxylation is 1. The van der Waals surface area contributed by atoms with E-state index in [1.165, 1.54) is 24.9 Å². The Bertz CT molecular complexity index is 525. The van der Waals surface area contributed by atoms with Crippen LogP contribution in [0, 0.1) is 12.8 Å². The molecule has 1 saturated carbocycles. The minimum Gasteiger partial charge on any atom is -0.468 e. The maximum absolute atomic E-state index is 12.3. The zero-order valence-electron chi connectivity index (χ0n) is 13.2. The van der Waals surface area contributed by atoms with Gasteiger partial charge in [0.15, 0.2) is 0 Å². The van der Waals surface area contributed by atoms with Crippen LogP contribution in [-0.2, 0) is 25.6 Å². The summed E-state index contributed by atoms with van der Waals surface area (Å²) in [7, 11) is 1.32. The van der Waals surface area contributed by atoms with Gasteiger partial charge in [-0.1, -0.05) is 24.3 Å². The highest BCUT2D eigenvalue weighted by Gasteiger charge is 2.23. The van der Waals surface area contributed by atoms with Gasteiger partial charge in [0.2, 0.25) is 5.91 Å². The van der Waals surface area contributed by atoms with Crippen LogP contribution >= 0.6 is 0 Å². The van der Waals surface area contributed by atoms with Gasteiger partial charge >= 0.3 is 5.97 Å². The average molecular weight is 305 g/mol. The quantitative estimate of drug-likeness (QED) is 0.689. The standard InChI is InChI=1S/C17H23NO4/c1-13-5-3-4-6-15(13)9-18(10-17(20)21-2)16(19)12-22-11-14-7-8-14/h3-6,14H,7-12H2,1-2H3. The van der Waals surface area contributed by atoms with Gasteiger partial charge in [0.25, 0.3) is 0 Å². The predicted molar refractivity (Wildman–Crippen MR) is 82.2 cm³/mol. The molecule has 120 valence electrons. The van der Waals surface area contributed by atoms with Crippen molar-refractivity contribution in [2.24, 2.45) is 5.92 Å². The summed E-state index contributed by atoms with van der Waals surface area (Å²) in [6.07, 6.45) is 2.37. The molecule has 2 rings (SSSR count). The van der Waals surface area contributed by atoms with Crippen LogP contribution in [0.3, 0.4) is 0 Å². The summed E-state index contributed by atoms with van der Waals surface area (Å²) < 4.78 is 10.1. The molecule has 5 nitrogen and oxygen atoms in total. The van der Waals surface area contributed by atoms with Crippen molar-refractivity contribution in [3.05, 3.63) is 35.4 Å². The minimum absolute atomic E-state index is 0.0133. The molecule has 22 heavy (non-hydrogen) atoms. The highest BCUT2D eigenvalue weighted by atomic mass is 16.5. The second kappa shape index (κ2) is 7.94. The Morgan fingerprint density at radius 3 is 2.64 bits per heavy atom. The summed E-state index contributed by atoms with van der Waals surface area (Å²) in [6.45, 7) is 2.95. The van der Waals surface area contributed by atoms with E-state index in [0.717, 1.165) is 11.1 Å². The largest absolute Gasteiger partial charge is 0.468 e. The van der Waals surface area contributed by atoms with Crippen LogP contribution in [-0.4, -0.2) is 43.6 Å². The summed E-state index contributed by atoms with van der Waals surface area (Å²) in [5, 5.41) is 0. The van der Waals surface area contributed by atoms with Crippen molar-refractivity contribution in [2.75, 3.05) is 26.9 Å². The zero-order chi connectivity index (χ0) is 15.9. The molecular weight excluding hydrogens is 282 g/mol. The van der Waals surface area contributed by atoms with Crippen LogP contribution in [0.25, 0.3) is 0 Å². The van der Waals surface area contributed by atoms with E-state index in [9.17, 15) is 9.59 Å². The van der Waals surface area contributed by atoms with Gasteiger partial charge in [-0.25, -0.2) is 0 Å².